The summed E-state index contributed by atoms with van der Waals surface area (Å²) in [6.45, 7) is 0. The van der Waals surface area contributed by atoms with Crippen LogP contribution in [0.25, 0.3) is 22.0 Å². The average molecular weight is 408 g/mol. The van der Waals surface area contributed by atoms with Gasteiger partial charge in [0, 0.05) is 17.0 Å². The van der Waals surface area contributed by atoms with E-state index in [1.807, 2.05) is 48.5 Å². The minimum absolute atomic E-state index is 0.130. The van der Waals surface area contributed by atoms with Crippen molar-refractivity contribution < 1.29 is 9.90 Å². The number of fused-ring (bicyclic) bond motifs is 4. The van der Waals surface area contributed by atoms with E-state index in [2.05, 4.69) is 15.3 Å². The molecule has 3 aliphatic carbocycles. The second-order valence-corrected chi connectivity index (χ2v) is 8.46. The Hall–Kier alpha value is -2.66. The summed E-state index contributed by atoms with van der Waals surface area (Å²) in [7, 11) is 0. The van der Waals surface area contributed by atoms with Gasteiger partial charge in [0.15, 0.2) is 0 Å². The lowest BCUT2D eigenvalue weighted by Crippen LogP contribution is -2.51. The molecule has 0 aliphatic heterocycles. The summed E-state index contributed by atoms with van der Waals surface area (Å²) >= 11 is 6.30. The number of anilines is 1. The highest BCUT2D eigenvalue weighted by atomic mass is 35.5. The molecule has 2 unspecified atom stereocenters. The van der Waals surface area contributed by atoms with Gasteiger partial charge < -0.3 is 10.4 Å². The van der Waals surface area contributed by atoms with Gasteiger partial charge in [-0.05, 0) is 60.7 Å². The third-order valence-corrected chi connectivity index (χ3v) is 6.76. The number of halogens is 1. The van der Waals surface area contributed by atoms with E-state index in [9.17, 15) is 9.90 Å². The molecule has 2 atom stereocenters. The first-order valence-corrected chi connectivity index (χ1v) is 10.5. The summed E-state index contributed by atoms with van der Waals surface area (Å²) in [5.41, 5.74) is 2.81. The Labute approximate surface area is 174 Å². The van der Waals surface area contributed by atoms with Crippen LogP contribution in [-0.4, -0.2) is 27.1 Å². The smallest absolute Gasteiger partial charge is 0.308 e. The maximum atomic E-state index is 12.0. The molecule has 0 radical (unpaired) electrons. The number of carboxylic acids is 1. The van der Waals surface area contributed by atoms with Crippen molar-refractivity contribution in [3.05, 3.63) is 53.8 Å². The van der Waals surface area contributed by atoms with E-state index >= 15 is 0 Å². The highest BCUT2D eigenvalue weighted by Gasteiger charge is 2.47. The Balaban J connectivity index is 1.60. The molecule has 3 fully saturated rings. The lowest BCUT2D eigenvalue weighted by molar-refractivity contribution is -0.148. The molecule has 1 aromatic heterocycles. The highest BCUT2D eigenvalue weighted by Crippen LogP contribution is 2.46. The van der Waals surface area contributed by atoms with Gasteiger partial charge in [-0.25, -0.2) is 9.97 Å². The molecular weight excluding hydrogens is 386 g/mol. The van der Waals surface area contributed by atoms with Gasteiger partial charge in [-0.3, -0.25) is 4.79 Å². The summed E-state index contributed by atoms with van der Waals surface area (Å²) < 4.78 is 0. The number of carbonyl (C=O) groups is 1. The van der Waals surface area contributed by atoms with Crippen LogP contribution < -0.4 is 5.32 Å². The predicted molar refractivity (Wildman–Crippen MR) is 114 cm³/mol. The first-order chi connectivity index (χ1) is 14.1. The number of benzene rings is 2. The van der Waals surface area contributed by atoms with E-state index in [0.717, 1.165) is 47.7 Å². The molecule has 2 bridgehead atoms. The fraction of sp³-hybridized carbons (Fsp3) is 0.348. The number of hydrogen-bond donors (Lipinski definition) is 2. The molecule has 0 saturated heterocycles. The number of hydrogen-bond acceptors (Lipinski definition) is 4. The Morgan fingerprint density at radius 1 is 0.966 bits per heavy atom. The second-order valence-electron chi connectivity index (χ2n) is 8.12. The van der Waals surface area contributed by atoms with Crippen molar-refractivity contribution in [2.24, 2.45) is 17.8 Å². The number of rotatable bonds is 4. The standard InChI is InChI=1S/C23H22ClN3O2/c24-23-26-20-16(13-5-2-1-3-6-13)7-4-8-17(20)21(27-23)25-19-15-11-9-14(10-12-15)18(19)22(28)29/h1-8,14-15,18-19H,9-12H2,(H,28,29)(H,25,26,27). The van der Waals surface area contributed by atoms with Gasteiger partial charge in [0.2, 0.25) is 5.28 Å². The number of para-hydroxylation sites is 1. The van der Waals surface area contributed by atoms with Gasteiger partial charge >= 0.3 is 5.97 Å². The van der Waals surface area contributed by atoms with Crippen molar-refractivity contribution in [2.45, 2.75) is 31.7 Å². The molecule has 1 heterocycles. The maximum absolute atomic E-state index is 12.0. The maximum Gasteiger partial charge on any atom is 0.308 e. The zero-order chi connectivity index (χ0) is 20.0. The summed E-state index contributed by atoms with van der Waals surface area (Å²) in [5.74, 6) is 0.108. The lowest BCUT2D eigenvalue weighted by atomic mass is 9.61. The Kier molecular flexibility index (Phi) is 4.63. The number of aliphatic carboxylic acids is 1. The summed E-state index contributed by atoms with van der Waals surface area (Å²) in [6, 6.07) is 15.9. The zero-order valence-corrected chi connectivity index (χ0v) is 16.6. The van der Waals surface area contributed by atoms with Gasteiger partial charge in [-0.15, -0.1) is 0 Å². The molecule has 3 aromatic rings. The normalized spacial score (nSPS) is 25.8. The molecule has 3 aliphatic rings. The van der Waals surface area contributed by atoms with Crippen LogP contribution in [0.15, 0.2) is 48.5 Å². The first-order valence-electron chi connectivity index (χ1n) is 10.1. The topological polar surface area (TPSA) is 75.1 Å². The fourth-order valence-corrected chi connectivity index (χ4v) is 5.42. The van der Waals surface area contributed by atoms with Crippen LogP contribution in [0, 0.1) is 17.8 Å². The monoisotopic (exact) mass is 407 g/mol. The van der Waals surface area contributed by atoms with E-state index in [1.54, 1.807) is 0 Å². The molecule has 6 heteroatoms. The number of nitrogens with zero attached hydrogens (tertiary/aromatic N) is 2. The van der Waals surface area contributed by atoms with Crippen LogP contribution in [0.1, 0.15) is 25.7 Å². The van der Waals surface area contributed by atoms with E-state index < -0.39 is 5.97 Å². The molecule has 0 amide bonds. The van der Waals surface area contributed by atoms with Crippen LogP contribution >= 0.6 is 11.6 Å². The summed E-state index contributed by atoms with van der Waals surface area (Å²) in [5, 5.41) is 14.4. The second kappa shape index (κ2) is 7.30. The molecule has 2 N–H and O–H groups in total. The number of aromatic nitrogens is 2. The van der Waals surface area contributed by atoms with E-state index in [4.69, 9.17) is 11.6 Å². The minimum Gasteiger partial charge on any atom is -0.481 e. The van der Waals surface area contributed by atoms with Crippen molar-refractivity contribution in [1.82, 2.24) is 9.97 Å². The Bertz CT molecular complexity index is 1060. The van der Waals surface area contributed by atoms with Crippen LogP contribution in [0.3, 0.4) is 0 Å². The van der Waals surface area contributed by atoms with Gasteiger partial charge in [0.05, 0.1) is 11.4 Å². The molecular formula is C23H22ClN3O2. The highest BCUT2D eigenvalue weighted by molar-refractivity contribution is 6.29. The SMILES string of the molecule is O=C(O)C1C2CCC(CC2)C1Nc1nc(Cl)nc2c(-c3ccccc3)cccc12. The van der Waals surface area contributed by atoms with Crippen molar-refractivity contribution in [2.75, 3.05) is 5.32 Å². The Morgan fingerprint density at radius 3 is 2.41 bits per heavy atom. The Morgan fingerprint density at radius 2 is 1.69 bits per heavy atom. The van der Waals surface area contributed by atoms with Crippen LogP contribution in [0.4, 0.5) is 5.82 Å². The fourth-order valence-electron chi connectivity index (χ4n) is 5.26. The zero-order valence-electron chi connectivity index (χ0n) is 15.9. The quantitative estimate of drug-likeness (QED) is 0.577. The van der Waals surface area contributed by atoms with Gasteiger partial charge in [0.1, 0.15) is 5.82 Å². The van der Waals surface area contributed by atoms with Crippen molar-refractivity contribution >= 4 is 34.3 Å². The molecule has 148 valence electrons. The van der Waals surface area contributed by atoms with Crippen LogP contribution in [0.5, 0.6) is 0 Å². The van der Waals surface area contributed by atoms with Crippen LogP contribution in [-0.2, 0) is 4.79 Å². The molecule has 3 saturated carbocycles. The third-order valence-electron chi connectivity index (χ3n) is 6.59. The average Bonchev–Trinajstić information content (AvgIpc) is 2.74. The third kappa shape index (κ3) is 3.23. The number of nitrogens with one attached hydrogen (secondary N) is 1. The minimum atomic E-state index is -0.716. The van der Waals surface area contributed by atoms with Crippen molar-refractivity contribution in [3.8, 4) is 11.1 Å². The van der Waals surface area contributed by atoms with E-state index in [-0.39, 0.29) is 23.2 Å². The van der Waals surface area contributed by atoms with Crippen molar-refractivity contribution in [3.63, 3.8) is 0 Å². The van der Waals surface area contributed by atoms with E-state index in [1.165, 1.54) is 0 Å². The molecule has 2 aromatic carbocycles. The molecule has 29 heavy (non-hydrogen) atoms. The van der Waals surface area contributed by atoms with E-state index in [0.29, 0.717) is 11.7 Å². The number of carboxylic acid groups (broad SMARTS) is 1. The lowest BCUT2D eigenvalue weighted by Gasteiger charge is -2.47. The summed E-state index contributed by atoms with van der Waals surface area (Å²) in [4.78, 5) is 21.0. The summed E-state index contributed by atoms with van der Waals surface area (Å²) in [6.07, 6.45) is 4.14. The molecule has 6 rings (SSSR count). The predicted octanol–water partition coefficient (Wildman–Crippen LogP) is 5.25. The molecule has 5 nitrogen and oxygen atoms in total. The van der Waals surface area contributed by atoms with Gasteiger partial charge in [0.25, 0.3) is 0 Å². The van der Waals surface area contributed by atoms with Crippen molar-refractivity contribution in [1.29, 1.82) is 0 Å². The van der Waals surface area contributed by atoms with Crippen LogP contribution in [0.2, 0.25) is 5.28 Å². The van der Waals surface area contributed by atoms with Gasteiger partial charge in [-0.1, -0.05) is 42.5 Å². The molecule has 0 spiro atoms. The van der Waals surface area contributed by atoms with Gasteiger partial charge in [-0.2, -0.15) is 0 Å². The largest absolute Gasteiger partial charge is 0.481 e. The first kappa shape index (κ1) is 18.4.